The molecule has 2 atom stereocenters. The monoisotopic (exact) mass is 167 g/mol. The molecular weight excluding hydrogens is 155 g/mol. The first kappa shape index (κ1) is 9.58. The Balaban J connectivity index is 3.32. The average Bonchev–Trinajstić information content (AvgIpc) is 1.87. The van der Waals surface area contributed by atoms with Gasteiger partial charge in [0.15, 0.2) is 0 Å². The second-order valence-electron chi connectivity index (χ2n) is 2.34. The Labute approximate surface area is 67.5 Å². The van der Waals surface area contributed by atoms with Gasteiger partial charge in [-0.3, -0.25) is 0 Å². The number of alkyl halides is 1. The summed E-state index contributed by atoms with van der Waals surface area (Å²) in [5.74, 6) is 2.04. The molecule has 0 aromatic carbocycles. The number of hydrogen-bond acceptors (Lipinski definition) is 0. The maximum absolute atomic E-state index is 5.81. The van der Waals surface area contributed by atoms with Crippen molar-refractivity contribution in [1.82, 2.24) is 0 Å². The van der Waals surface area contributed by atoms with Crippen molar-refractivity contribution in [3.05, 3.63) is 5.88 Å². The zero-order chi connectivity index (χ0) is 7.28. The second kappa shape index (κ2) is 5.37. The minimum Gasteiger partial charge on any atom is -0.121 e. The van der Waals surface area contributed by atoms with E-state index in [2.05, 4.69) is 13.8 Å². The van der Waals surface area contributed by atoms with Gasteiger partial charge in [-0.15, -0.1) is 23.2 Å². The molecule has 0 spiro atoms. The fourth-order valence-electron chi connectivity index (χ4n) is 0.739. The molecule has 0 N–H and O–H groups in total. The van der Waals surface area contributed by atoms with Crippen molar-refractivity contribution in [2.24, 2.45) is 5.92 Å². The molecule has 0 rings (SSSR count). The van der Waals surface area contributed by atoms with Gasteiger partial charge >= 0.3 is 0 Å². The summed E-state index contributed by atoms with van der Waals surface area (Å²) in [5, 5.41) is 0.0339. The van der Waals surface area contributed by atoms with E-state index in [1.165, 1.54) is 12.3 Å². The summed E-state index contributed by atoms with van der Waals surface area (Å²) in [6, 6.07) is 0. The highest BCUT2D eigenvalue weighted by Gasteiger charge is 2.11. The van der Waals surface area contributed by atoms with Crippen LogP contribution >= 0.6 is 23.2 Å². The minimum absolute atomic E-state index is 0.0339. The van der Waals surface area contributed by atoms with E-state index in [9.17, 15) is 0 Å². The third kappa shape index (κ3) is 4.05. The molecule has 9 heavy (non-hydrogen) atoms. The molecule has 0 aromatic heterocycles. The molecule has 1 radical (unpaired) electrons. The van der Waals surface area contributed by atoms with Crippen LogP contribution in [0.4, 0.5) is 0 Å². The molecule has 0 aromatic rings. The van der Waals surface area contributed by atoms with Gasteiger partial charge in [0.1, 0.15) is 0 Å². The molecule has 0 nitrogen and oxygen atoms in total. The standard InChI is InChI=1S/C7H13Cl2/c1-3-4-6(2)7(9)5-8/h5-7H,3-4H2,1-2H3. The van der Waals surface area contributed by atoms with Gasteiger partial charge in [0.25, 0.3) is 0 Å². The van der Waals surface area contributed by atoms with Crippen LogP contribution in [0.15, 0.2) is 0 Å². The van der Waals surface area contributed by atoms with Gasteiger partial charge in [-0.1, -0.05) is 20.3 Å². The topological polar surface area (TPSA) is 0 Å². The van der Waals surface area contributed by atoms with E-state index in [-0.39, 0.29) is 5.38 Å². The Hall–Kier alpha value is 0.580. The highest BCUT2D eigenvalue weighted by Crippen LogP contribution is 2.19. The molecule has 0 heterocycles. The quantitative estimate of drug-likeness (QED) is 0.564. The van der Waals surface area contributed by atoms with Crippen LogP contribution in [0, 0.1) is 11.8 Å². The summed E-state index contributed by atoms with van der Waals surface area (Å²) in [4.78, 5) is 0. The molecule has 0 aliphatic rings. The zero-order valence-electron chi connectivity index (χ0n) is 5.90. The molecule has 2 unspecified atom stereocenters. The maximum Gasteiger partial charge on any atom is 0.0680 e. The lowest BCUT2D eigenvalue weighted by Gasteiger charge is -2.12. The molecule has 0 fully saturated rings. The van der Waals surface area contributed by atoms with Gasteiger partial charge < -0.3 is 0 Å². The Morgan fingerprint density at radius 2 is 2.11 bits per heavy atom. The summed E-state index contributed by atoms with van der Waals surface area (Å²) in [6.45, 7) is 4.26. The largest absolute Gasteiger partial charge is 0.121 e. The SMILES string of the molecule is CCCC(C)C(Cl)[CH]Cl. The maximum atomic E-state index is 5.81. The van der Waals surface area contributed by atoms with Crippen molar-refractivity contribution in [2.45, 2.75) is 32.1 Å². The normalized spacial score (nSPS) is 17.3. The molecule has 0 aliphatic heterocycles. The summed E-state index contributed by atoms with van der Waals surface area (Å²) in [5.41, 5.74) is 0. The van der Waals surface area contributed by atoms with E-state index < -0.39 is 0 Å². The van der Waals surface area contributed by atoms with Gasteiger partial charge in [0.2, 0.25) is 0 Å². The number of halogens is 2. The fraction of sp³-hybridized carbons (Fsp3) is 0.857. The highest BCUT2D eigenvalue weighted by molar-refractivity contribution is 6.32. The van der Waals surface area contributed by atoms with Gasteiger partial charge in [-0.25, -0.2) is 0 Å². The van der Waals surface area contributed by atoms with Crippen LogP contribution in [0.25, 0.3) is 0 Å². The third-order valence-corrected chi connectivity index (χ3v) is 2.36. The van der Waals surface area contributed by atoms with Crippen LogP contribution in [0.2, 0.25) is 0 Å². The zero-order valence-corrected chi connectivity index (χ0v) is 7.41. The minimum atomic E-state index is 0.0339. The van der Waals surface area contributed by atoms with Crippen molar-refractivity contribution in [3.63, 3.8) is 0 Å². The van der Waals surface area contributed by atoms with Crippen molar-refractivity contribution in [1.29, 1.82) is 0 Å². The summed E-state index contributed by atoms with van der Waals surface area (Å²) < 4.78 is 0. The van der Waals surface area contributed by atoms with Gasteiger partial charge in [0.05, 0.1) is 11.3 Å². The van der Waals surface area contributed by atoms with Crippen LogP contribution in [-0.4, -0.2) is 5.38 Å². The first-order chi connectivity index (χ1) is 4.22. The van der Waals surface area contributed by atoms with Crippen LogP contribution in [0.3, 0.4) is 0 Å². The lowest BCUT2D eigenvalue weighted by molar-refractivity contribution is 0.532. The van der Waals surface area contributed by atoms with Crippen LogP contribution in [-0.2, 0) is 0 Å². The van der Waals surface area contributed by atoms with Crippen molar-refractivity contribution in [2.75, 3.05) is 0 Å². The van der Waals surface area contributed by atoms with E-state index in [0.717, 1.165) is 6.42 Å². The lowest BCUT2D eigenvalue weighted by atomic mass is 10.0. The van der Waals surface area contributed by atoms with Crippen molar-refractivity contribution < 1.29 is 0 Å². The van der Waals surface area contributed by atoms with Crippen LogP contribution < -0.4 is 0 Å². The smallest absolute Gasteiger partial charge is 0.0680 e. The van der Waals surface area contributed by atoms with E-state index >= 15 is 0 Å². The molecule has 0 aliphatic carbocycles. The average molecular weight is 168 g/mol. The predicted octanol–water partition coefficient (Wildman–Crippen LogP) is 3.43. The van der Waals surface area contributed by atoms with E-state index in [1.54, 1.807) is 0 Å². The highest BCUT2D eigenvalue weighted by atomic mass is 35.5. The van der Waals surface area contributed by atoms with Gasteiger partial charge in [-0.05, 0) is 12.3 Å². The first-order valence-corrected chi connectivity index (χ1v) is 4.17. The summed E-state index contributed by atoms with van der Waals surface area (Å²) in [7, 11) is 0. The number of rotatable bonds is 4. The van der Waals surface area contributed by atoms with Crippen LogP contribution in [0.1, 0.15) is 26.7 Å². The Kier molecular flexibility index (Phi) is 5.72. The number of hydrogen-bond donors (Lipinski definition) is 0. The molecule has 55 valence electrons. The molecule has 0 amide bonds. The third-order valence-electron chi connectivity index (χ3n) is 1.41. The fourth-order valence-corrected chi connectivity index (χ4v) is 1.11. The second-order valence-corrected chi connectivity index (χ2v) is 3.09. The van der Waals surface area contributed by atoms with E-state index in [4.69, 9.17) is 23.2 Å². The van der Waals surface area contributed by atoms with Crippen molar-refractivity contribution in [3.8, 4) is 0 Å². The Bertz CT molecular complexity index is 63.9. The van der Waals surface area contributed by atoms with Crippen molar-refractivity contribution >= 4 is 23.2 Å². The lowest BCUT2D eigenvalue weighted by Crippen LogP contribution is -2.08. The van der Waals surface area contributed by atoms with E-state index in [0.29, 0.717) is 5.92 Å². The van der Waals surface area contributed by atoms with Gasteiger partial charge in [-0.2, -0.15) is 0 Å². The van der Waals surface area contributed by atoms with Crippen LogP contribution in [0.5, 0.6) is 0 Å². The molecule has 0 bridgehead atoms. The molecule has 2 heteroatoms. The predicted molar refractivity (Wildman–Crippen MR) is 43.9 cm³/mol. The van der Waals surface area contributed by atoms with Gasteiger partial charge in [0, 0.05) is 0 Å². The van der Waals surface area contributed by atoms with E-state index in [1.807, 2.05) is 0 Å². The molecule has 0 saturated heterocycles. The first-order valence-electron chi connectivity index (χ1n) is 3.30. The Morgan fingerprint density at radius 3 is 2.44 bits per heavy atom. The Morgan fingerprint density at radius 1 is 1.56 bits per heavy atom. The summed E-state index contributed by atoms with van der Waals surface area (Å²) >= 11 is 11.2. The summed E-state index contributed by atoms with van der Waals surface area (Å²) in [6.07, 6.45) is 2.33. The molecular formula is C7H13Cl2. The molecule has 0 saturated carbocycles.